The summed E-state index contributed by atoms with van der Waals surface area (Å²) in [6.07, 6.45) is 3.76. The molecule has 0 aromatic heterocycles. The van der Waals surface area contributed by atoms with Gasteiger partial charge in [-0.1, -0.05) is 38.3 Å². The van der Waals surface area contributed by atoms with E-state index >= 15 is 0 Å². The zero-order valence-corrected chi connectivity index (χ0v) is 13.1. The number of amides is 1. The standard InChI is InChI=1S/C16H23ClN2O/c1-10-5-4-6-15(11(10)2)19-12-7-8-14(17)13(9-12)16(20)18-3/h7-11,15,19H,4-6H2,1-3H3,(H,18,20). The zero-order chi connectivity index (χ0) is 14.7. The van der Waals surface area contributed by atoms with E-state index in [9.17, 15) is 4.79 Å². The van der Waals surface area contributed by atoms with E-state index in [1.54, 1.807) is 13.1 Å². The van der Waals surface area contributed by atoms with E-state index < -0.39 is 0 Å². The van der Waals surface area contributed by atoms with E-state index in [1.807, 2.05) is 12.1 Å². The highest BCUT2D eigenvalue weighted by atomic mass is 35.5. The Bertz CT molecular complexity index is 489. The molecule has 3 nitrogen and oxygen atoms in total. The van der Waals surface area contributed by atoms with Crippen molar-refractivity contribution >= 4 is 23.2 Å². The lowest BCUT2D eigenvalue weighted by Gasteiger charge is -2.35. The predicted molar refractivity (Wildman–Crippen MR) is 84.4 cm³/mol. The number of hydrogen-bond donors (Lipinski definition) is 2. The van der Waals surface area contributed by atoms with Crippen LogP contribution in [0.1, 0.15) is 43.5 Å². The molecule has 0 bridgehead atoms. The van der Waals surface area contributed by atoms with Gasteiger partial charge in [-0.2, -0.15) is 0 Å². The molecule has 2 N–H and O–H groups in total. The van der Waals surface area contributed by atoms with Gasteiger partial charge < -0.3 is 10.6 Å². The molecule has 0 aliphatic heterocycles. The Morgan fingerprint density at radius 1 is 1.30 bits per heavy atom. The largest absolute Gasteiger partial charge is 0.382 e. The molecule has 1 aliphatic rings. The summed E-state index contributed by atoms with van der Waals surface area (Å²) >= 11 is 6.08. The third-order valence-corrected chi connectivity index (χ3v) is 4.83. The molecule has 0 spiro atoms. The minimum Gasteiger partial charge on any atom is -0.382 e. The van der Waals surface area contributed by atoms with Crippen molar-refractivity contribution in [1.29, 1.82) is 0 Å². The van der Waals surface area contributed by atoms with Gasteiger partial charge in [-0.25, -0.2) is 0 Å². The van der Waals surface area contributed by atoms with Crippen molar-refractivity contribution in [1.82, 2.24) is 5.32 Å². The first-order chi connectivity index (χ1) is 9.52. The molecule has 4 heteroatoms. The maximum Gasteiger partial charge on any atom is 0.252 e. The molecule has 3 atom stereocenters. The Hall–Kier alpha value is -1.22. The summed E-state index contributed by atoms with van der Waals surface area (Å²) in [6.45, 7) is 4.62. The molecule has 1 saturated carbocycles. The number of carbonyl (C=O) groups excluding carboxylic acids is 1. The number of benzene rings is 1. The first-order valence-corrected chi connectivity index (χ1v) is 7.69. The zero-order valence-electron chi connectivity index (χ0n) is 12.4. The number of hydrogen-bond acceptors (Lipinski definition) is 2. The van der Waals surface area contributed by atoms with Crippen molar-refractivity contribution in [3.8, 4) is 0 Å². The number of carbonyl (C=O) groups is 1. The number of nitrogens with one attached hydrogen (secondary N) is 2. The van der Waals surface area contributed by atoms with E-state index in [-0.39, 0.29) is 5.91 Å². The third-order valence-electron chi connectivity index (χ3n) is 4.50. The number of halogens is 1. The third kappa shape index (κ3) is 3.26. The summed E-state index contributed by atoms with van der Waals surface area (Å²) in [5.74, 6) is 1.23. The van der Waals surface area contributed by atoms with E-state index in [1.165, 1.54) is 19.3 Å². The Kier molecular flexibility index (Phi) is 4.92. The van der Waals surface area contributed by atoms with Crippen molar-refractivity contribution in [2.75, 3.05) is 12.4 Å². The molecule has 0 saturated heterocycles. The van der Waals surface area contributed by atoms with Crippen LogP contribution in [0.25, 0.3) is 0 Å². The second-order valence-electron chi connectivity index (χ2n) is 5.79. The van der Waals surface area contributed by atoms with Crippen LogP contribution in [0, 0.1) is 11.8 Å². The summed E-state index contributed by atoms with van der Waals surface area (Å²) in [5, 5.41) is 6.67. The van der Waals surface area contributed by atoms with Crippen molar-refractivity contribution in [3.63, 3.8) is 0 Å². The average Bonchev–Trinajstić information content (AvgIpc) is 2.45. The maximum absolute atomic E-state index is 11.8. The SMILES string of the molecule is CNC(=O)c1cc(NC2CCCC(C)C2C)ccc1Cl. The number of anilines is 1. The Morgan fingerprint density at radius 3 is 2.75 bits per heavy atom. The van der Waals surface area contributed by atoms with E-state index in [2.05, 4.69) is 24.5 Å². The summed E-state index contributed by atoms with van der Waals surface area (Å²) in [5.41, 5.74) is 1.50. The van der Waals surface area contributed by atoms with Crippen LogP contribution < -0.4 is 10.6 Å². The molecule has 1 fully saturated rings. The van der Waals surface area contributed by atoms with E-state index in [4.69, 9.17) is 11.6 Å². The van der Waals surface area contributed by atoms with Crippen molar-refractivity contribution in [3.05, 3.63) is 28.8 Å². The van der Waals surface area contributed by atoms with Gasteiger partial charge in [-0.05, 0) is 36.5 Å². The van der Waals surface area contributed by atoms with Crippen LogP contribution in [0.2, 0.25) is 5.02 Å². The van der Waals surface area contributed by atoms with Gasteiger partial charge in [0, 0.05) is 18.8 Å². The topological polar surface area (TPSA) is 41.1 Å². The Morgan fingerprint density at radius 2 is 2.05 bits per heavy atom. The van der Waals surface area contributed by atoms with Gasteiger partial charge in [0.25, 0.3) is 5.91 Å². The first-order valence-electron chi connectivity index (χ1n) is 7.31. The highest BCUT2D eigenvalue weighted by Gasteiger charge is 2.27. The monoisotopic (exact) mass is 294 g/mol. The molecule has 0 heterocycles. The summed E-state index contributed by atoms with van der Waals surface area (Å²) in [7, 11) is 1.61. The second kappa shape index (κ2) is 6.49. The molecule has 1 aromatic carbocycles. The fourth-order valence-electron chi connectivity index (χ4n) is 2.92. The van der Waals surface area contributed by atoms with Gasteiger partial charge in [0.15, 0.2) is 0 Å². The molecular weight excluding hydrogens is 272 g/mol. The van der Waals surface area contributed by atoms with Crippen LogP contribution in [0.3, 0.4) is 0 Å². The Labute approximate surface area is 126 Å². The molecule has 3 unspecified atom stereocenters. The summed E-state index contributed by atoms with van der Waals surface area (Å²) < 4.78 is 0. The summed E-state index contributed by atoms with van der Waals surface area (Å²) in [4.78, 5) is 11.8. The molecule has 1 amide bonds. The van der Waals surface area contributed by atoms with Crippen LogP contribution in [0.4, 0.5) is 5.69 Å². The molecule has 1 aromatic rings. The van der Waals surface area contributed by atoms with Gasteiger partial charge in [-0.3, -0.25) is 4.79 Å². The lowest BCUT2D eigenvalue weighted by atomic mass is 9.78. The fourth-order valence-corrected chi connectivity index (χ4v) is 3.13. The Balaban J connectivity index is 2.15. The maximum atomic E-state index is 11.8. The van der Waals surface area contributed by atoms with Gasteiger partial charge >= 0.3 is 0 Å². The number of rotatable bonds is 3. The minimum absolute atomic E-state index is 0.149. The lowest BCUT2D eigenvalue weighted by Crippen LogP contribution is -2.35. The van der Waals surface area contributed by atoms with Crippen LogP contribution in [-0.2, 0) is 0 Å². The molecule has 0 radical (unpaired) electrons. The fraction of sp³-hybridized carbons (Fsp3) is 0.562. The van der Waals surface area contributed by atoms with Crippen molar-refractivity contribution in [2.24, 2.45) is 11.8 Å². The van der Waals surface area contributed by atoms with Crippen molar-refractivity contribution in [2.45, 2.75) is 39.2 Å². The van der Waals surface area contributed by atoms with Crippen molar-refractivity contribution < 1.29 is 4.79 Å². The van der Waals surface area contributed by atoms with Gasteiger partial charge in [0.2, 0.25) is 0 Å². The lowest BCUT2D eigenvalue weighted by molar-refractivity contribution is 0.0963. The average molecular weight is 295 g/mol. The molecule has 1 aliphatic carbocycles. The quantitative estimate of drug-likeness (QED) is 0.886. The van der Waals surface area contributed by atoms with Gasteiger partial charge in [-0.15, -0.1) is 0 Å². The van der Waals surface area contributed by atoms with E-state index in [0.29, 0.717) is 22.5 Å². The smallest absolute Gasteiger partial charge is 0.252 e. The second-order valence-corrected chi connectivity index (χ2v) is 6.20. The highest BCUT2D eigenvalue weighted by Crippen LogP contribution is 2.32. The normalized spacial score (nSPS) is 26.1. The minimum atomic E-state index is -0.149. The highest BCUT2D eigenvalue weighted by molar-refractivity contribution is 6.34. The molecule has 110 valence electrons. The van der Waals surface area contributed by atoms with Crippen LogP contribution in [0.5, 0.6) is 0 Å². The van der Waals surface area contributed by atoms with Crippen LogP contribution in [-0.4, -0.2) is 19.0 Å². The van der Waals surface area contributed by atoms with Gasteiger partial charge in [0.05, 0.1) is 10.6 Å². The summed E-state index contributed by atoms with van der Waals surface area (Å²) in [6, 6.07) is 6.04. The molecule has 2 rings (SSSR count). The predicted octanol–water partition coefficient (Wildman–Crippen LogP) is 3.94. The van der Waals surface area contributed by atoms with Gasteiger partial charge in [0.1, 0.15) is 0 Å². The first kappa shape index (κ1) is 15.2. The molecule has 20 heavy (non-hydrogen) atoms. The van der Waals surface area contributed by atoms with Crippen LogP contribution in [0.15, 0.2) is 18.2 Å². The van der Waals surface area contributed by atoms with E-state index in [0.717, 1.165) is 11.6 Å². The van der Waals surface area contributed by atoms with Crippen LogP contribution >= 0.6 is 11.6 Å². The molecular formula is C16H23ClN2O.